The van der Waals surface area contributed by atoms with Crippen LogP contribution in [-0.4, -0.2) is 25.4 Å². The Morgan fingerprint density at radius 3 is 2.29 bits per heavy atom. The van der Waals surface area contributed by atoms with Crippen molar-refractivity contribution in [3.63, 3.8) is 0 Å². The topological polar surface area (TPSA) is 47.9 Å². The lowest BCUT2D eigenvalue weighted by Gasteiger charge is -2.29. The minimum absolute atomic E-state index is 0.381. The molecule has 0 radical (unpaired) electrons. The highest BCUT2D eigenvalue weighted by molar-refractivity contribution is 6.35. The minimum Gasteiger partial charge on any atom is -0.496 e. The summed E-state index contributed by atoms with van der Waals surface area (Å²) in [6, 6.07) is 8.50. The SMILES string of the molecule is COc1ccc(OC)c2c1C=C[C@H](Oc1ccc(Cl)cc1Cl)[C@H]2O. The standard InChI is InChI=1S/C18H16Cl2O4/c1-22-13-7-8-15(23-2)17-11(13)4-6-16(18(17)21)24-14-5-3-10(19)9-12(14)20/h3-9,16,18,21H,1-2H3/t16-,18+/m0/s1. The van der Waals surface area contributed by atoms with Gasteiger partial charge in [0.05, 0.1) is 19.2 Å². The summed E-state index contributed by atoms with van der Waals surface area (Å²) in [4.78, 5) is 0. The van der Waals surface area contributed by atoms with Gasteiger partial charge >= 0.3 is 0 Å². The lowest BCUT2D eigenvalue weighted by atomic mass is 9.91. The van der Waals surface area contributed by atoms with Gasteiger partial charge in [-0.1, -0.05) is 29.3 Å². The van der Waals surface area contributed by atoms with Crippen LogP contribution < -0.4 is 14.2 Å². The van der Waals surface area contributed by atoms with Crippen LogP contribution in [0.5, 0.6) is 17.2 Å². The second kappa shape index (κ2) is 6.93. The number of halogens is 2. The van der Waals surface area contributed by atoms with Crippen LogP contribution >= 0.6 is 23.2 Å². The Hall–Kier alpha value is -1.88. The Morgan fingerprint density at radius 2 is 1.62 bits per heavy atom. The third-order valence-corrected chi connectivity index (χ3v) is 4.39. The van der Waals surface area contributed by atoms with E-state index < -0.39 is 12.2 Å². The maximum absolute atomic E-state index is 10.8. The number of fused-ring (bicyclic) bond motifs is 1. The molecule has 3 rings (SSSR count). The van der Waals surface area contributed by atoms with Crippen LogP contribution in [0.2, 0.25) is 10.0 Å². The zero-order chi connectivity index (χ0) is 17.3. The molecule has 4 nitrogen and oxygen atoms in total. The van der Waals surface area contributed by atoms with Gasteiger partial charge < -0.3 is 19.3 Å². The summed E-state index contributed by atoms with van der Waals surface area (Å²) in [5, 5.41) is 11.7. The predicted molar refractivity (Wildman–Crippen MR) is 94.4 cm³/mol. The quantitative estimate of drug-likeness (QED) is 0.863. The van der Waals surface area contributed by atoms with E-state index in [1.54, 1.807) is 50.6 Å². The van der Waals surface area contributed by atoms with Gasteiger partial charge in [-0.25, -0.2) is 0 Å². The van der Waals surface area contributed by atoms with Crippen LogP contribution in [0.4, 0.5) is 0 Å². The molecule has 0 spiro atoms. The lowest BCUT2D eigenvalue weighted by Crippen LogP contribution is -2.26. The number of aliphatic hydroxyl groups excluding tert-OH is 1. The monoisotopic (exact) mass is 366 g/mol. The molecule has 24 heavy (non-hydrogen) atoms. The maximum atomic E-state index is 10.8. The second-order valence-electron chi connectivity index (χ2n) is 5.26. The normalized spacial score (nSPS) is 18.9. The molecule has 1 aliphatic carbocycles. The summed E-state index contributed by atoms with van der Waals surface area (Å²) in [7, 11) is 3.14. The molecule has 0 bridgehead atoms. The van der Waals surface area contributed by atoms with Crippen molar-refractivity contribution in [3.05, 3.63) is 57.6 Å². The first kappa shape index (κ1) is 17.0. The van der Waals surface area contributed by atoms with Crippen LogP contribution in [-0.2, 0) is 0 Å². The van der Waals surface area contributed by atoms with E-state index in [1.807, 2.05) is 6.08 Å². The van der Waals surface area contributed by atoms with Crippen molar-refractivity contribution >= 4 is 29.3 Å². The third-order valence-electron chi connectivity index (χ3n) is 3.86. The van der Waals surface area contributed by atoms with Crippen LogP contribution in [0.3, 0.4) is 0 Å². The first-order valence-corrected chi connectivity index (χ1v) is 8.03. The summed E-state index contributed by atoms with van der Waals surface area (Å²) < 4.78 is 16.6. The van der Waals surface area contributed by atoms with Gasteiger partial charge in [-0.2, -0.15) is 0 Å². The molecule has 1 N–H and O–H groups in total. The largest absolute Gasteiger partial charge is 0.496 e. The number of methoxy groups -OCH3 is 2. The van der Waals surface area contributed by atoms with Gasteiger partial charge in [0.25, 0.3) is 0 Å². The van der Waals surface area contributed by atoms with E-state index >= 15 is 0 Å². The molecule has 0 heterocycles. The van der Waals surface area contributed by atoms with Gasteiger partial charge in [-0.15, -0.1) is 0 Å². The molecule has 0 saturated heterocycles. The summed E-state index contributed by atoms with van der Waals surface area (Å²) >= 11 is 12.0. The number of benzene rings is 2. The number of hydrogen-bond acceptors (Lipinski definition) is 4. The van der Waals surface area contributed by atoms with E-state index in [0.29, 0.717) is 32.9 Å². The number of aliphatic hydroxyl groups is 1. The molecule has 2 atom stereocenters. The van der Waals surface area contributed by atoms with Crippen LogP contribution in [0.25, 0.3) is 6.08 Å². The maximum Gasteiger partial charge on any atom is 0.147 e. The Kier molecular flexibility index (Phi) is 4.90. The molecule has 126 valence electrons. The van der Waals surface area contributed by atoms with Crippen molar-refractivity contribution in [2.45, 2.75) is 12.2 Å². The van der Waals surface area contributed by atoms with Crippen molar-refractivity contribution in [1.29, 1.82) is 0 Å². The van der Waals surface area contributed by atoms with E-state index in [2.05, 4.69) is 0 Å². The zero-order valence-electron chi connectivity index (χ0n) is 13.1. The van der Waals surface area contributed by atoms with Crippen molar-refractivity contribution in [2.75, 3.05) is 14.2 Å². The van der Waals surface area contributed by atoms with Gasteiger partial charge in [0.2, 0.25) is 0 Å². The number of ether oxygens (including phenoxy) is 3. The average Bonchev–Trinajstić information content (AvgIpc) is 2.58. The van der Waals surface area contributed by atoms with Crippen LogP contribution in [0.1, 0.15) is 17.2 Å². The van der Waals surface area contributed by atoms with Crippen molar-refractivity contribution in [2.24, 2.45) is 0 Å². The van der Waals surface area contributed by atoms with E-state index in [1.165, 1.54) is 0 Å². The fourth-order valence-electron chi connectivity index (χ4n) is 2.71. The fraction of sp³-hybridized carbons (Fsp3) is 0.222. The molecule has 6 heteroatoms. The Bertz CT molecular complexity index is 789. The molecule has 1 aliphatic rings. The highest BCUT2D eigenvalue weighted by Gasteiger charge is 2.31. The molecular weight excluding hydrogens is 351 g/mol. The molecule has 0 aromatic heterocycles. The Morgan fingerprint density at radius 1 is 0.958 bits per heavy atom. The third kappa shape index (κ3) is 3.05. The lowest BCUT2D eigenvalue weighted by molar-refractivity contribution is 0.0602. The Balaban J connectivity index is 1.96. The molecule has 2 aromatic rings. The van der Waals surface area contributed by atoms with Gasteiger partial charge in [0.1, 0.15) is 29.5 Å². The van der Waals surface area contributed by atoms with E-state index in [0.717, 1.165) is 5.56 Å². The van der Waals surface area contributed by atoms with E-state index in [9.17, 15) is 5.11 Å². The van der Waals surface area contributed by atoms with Crippen molar-refractivity contribution < 1.29 is 19.3 Å². The molecule has 0 fully saturated rings. The van der Waals surface area contributed by atoms with Crippen LogP contribution in [0, 0.1) is 0 Å². The highest BCUT2D eigenvalue weighted by atomic mass is 35.5. The number of hydrogen-bond donors (Lipinski definition) is 1. The van der Waals surface area contributed by atoms with Crippen molar-refractivity contribution in [3.8, 4) is 17.2 Å². The molecule has 0 aliphatic heterocycles. The van der Waals surface area contributed by atoms with Gasteiger partial charge in [0.15, 0.2) is 0 Å². The van der Waals surface area contributed by atoms with Gasteiger partial charge in [-0.05, 0) is 36.4 Å². The molecule has 2 aromatic carbocycles. The Labute approximate surface area is 150 Å². The summed E-state index contributed by atoms with van der Waals surface area (Å²) in [6.45, 7) is 0. The second-order valence-corrected chi connectivity index (χ2v) is 6.10. The summed E-state index contributed by atoms with van der Waals surface area (Å²) in [6.07, 6.45) is 2.07. The first-order chi connectivity index (χ1) is 11.5. The first-order valence-electron chi connectivity index (χ1n) is 7.28. The van der Waals surface area contributed by atoms with Crippen molar-refractivity contribution in [1.82, 2.24) is 0 Å². The summed E-state index contributed by atoms with van der Waals surface area (Å²) in [5.74, 6) is 1.67. The minimum atomic E-state index is -0.929. The van der Waals surface area contributed by atoms with Gasteiger partial charge in [-0.3, -0.25) is 0 Å². The van der Waals surface area contributed by atoms with Gasteiger partial charge in [0, 0.05) is 16.1 Å². The van der Waals surface area contributed by atoms with Crippen LogP contribution in [0.15, 0.2) is 36.4 Å². The molecule has 0 unspecified atom stereocenters. The summed E-state index contributed by atoms with van der Waals surface area (Å²) in [5.41, 5.74) is 1.39. The zero-order valence-corrected chi connectivity index (χ0v) is 14.6. The number of rotatable bonds is 4. The fourth-order valence-corrected chi connectivity index (χ4v) is 3.16. The highest BCUT2D eigenvalue weighted by Crippen LogP contribution is 2.42. The smallest absolute Gasteiger partial charge is 0.147 e. The molecule has 0 saturated carbocycles. The van der Waals surface area contributed by atoms with E-state index in [4.69, 9.17) is 37.4 Å². The molecule has 0 amide bonds. The van der Waals surface area contributed by atoms with E-state index in [-0.39, 0.29) is 0 Å². The predicted octanol–water partition coefficient (Wildman–Crippen LogP) is 4.52. The molecular formula is C18H16Cl2O4. The average molecular weight is 367 g/mol.